The number of aromatic amines is 1. The van der Waals surface area contributed by atoms with Gasteiger partial charge in [-0.05, 0) is 37.0 Å². The second-order valence-electron chi connectivity index (χ2n) is 4.84. The highest BCUT2D eigenvalue weighted by atomic mass is 79.9. The number of imidazole rings is 1. The molecule has 1 aromatic carbocycles. The van der Waals surface area contributed by atoms with Gasteiger partial charge < -0.3 is 10.3 Å². The van der Waals surface area contributed by atoms with Crippen molar-refractivity contribution in [2.24, 2.45) is 5.92 Å². The first-order valence-electron chi connectivity index (χ1n) is 6.71. The number of H-pyrrole nitrogens is 1. The van der Waals surface area contributed by atoms with Crippen LogP contribution >= 0.6 is 15.9 Å². The van der Waals surface area contributed by atoms with Crippen molar-refractivity contribution in [3.63, 3.8) is 0 Å². The molecule has 18 heavy (non-hydrogen) atoms. The Labute approximate surface area is 116 Å². The number of piperidine rings is 1. The number of hydrogen-bond acceptors (Lipinski definition) is 2. The van der Waals surface area contributed by atoms with E-state index in [1.807, 2.05) is 19.9 Å². The van der Waals surface area contributed by atoms with Gasteiger partial charge in [-0.3, -0.25) is 0 Å². The summed E-state index contributed by atoms with van der Waals surface area (Å²) >= 11 is 3.48. The summed E-state index contributed by atoms with van der Waals surface area (Å²) in [6.07, 6.45) is 2.61. The fourth-order valence-electron chi connectivity index (χ4n) is 2.70. The van der Waals surface area contributed by atoms with Gasteiger partial charge in [-0.1, -0.05) is 29.8 Å². The van der Waals surface area contributed by atoms with Crippen molar-refractivity contribution < 1.29 is 0 Å². The van der Waals surface area contributed by atoms with Gasteiger partial charge in [0.05, 0.1) is 17.1 Å². The minimum Gasteiger partial charge on any atom is -0.341 e. The Morgan fingerprint density at radius 2 is 2.11 bits per heavy atom. The summed E-state index contributed by atoms with van der Waals surface area (Å²) in [5, 5.41) is 3.61. The zero-order valence-electron chi connectivity index (χ0n) is 10.7. The number of halogens is 1. The molecule has 0 amide bonds. The van der Waals surface area contributed by atoms with Crippen LogP contribution in [0.2, 0.25) is 0 Å². The standard InChI is InChI=1S/C12H12BrN3.C2H6/c13-7-1-2-8-10(5-7)16-12(15-8)11-4-6-3-9(6)14-11;1-2/h1-2,5-6,9,11,14H,3-4H2,(H,15,16);1-2H3. The van der Waals surface area contributed by atoms with Gasteiger partial charge in [0.1, 0.15) is 5.82 Å². The van der Waals surface area contributed by atoms with Crippen molar-refractivity contribution in [3.8, 4) is 0 Å². The van der Waals surface area contributed by atoms with E-state index in [0.717, 1.165) is 33.3 Å². The van der Waals surface area contributed by atoms with Crippen LogP contribution < -0.4 is 5.32 Å². The van der Waals surface area contributed by atoms with Crippen LogP contribution in [0.25, 0.3) is 11.0 Å². The third-order valence-electron chi connectivity index (χ3n) is 3.67. The van der Waals surface area contributed by atoms with Gasteiger partial charge in [-0.25, -0.2) is 4.98 Å². The first kappa shape index (κ1) is 12.2. The van der Waals surface area contributed by atoms with E-state index in [9.17, 15) is 0 Å². The first-order valence-corrected chi connectivity index (χ1v) is 7.50. The second kappa shape index (κ2) is 4.67. The van der Waals surface area contributed by atoms with Crippen molar-refractivity contribution in [1.29, 1.82) is 0 Å². The predicted molar refractivity (Wildman–Crippen MR) is 77.5 cm³/mol. The van der Waals surface area contributed by atoms with Gasteiger partial charge in [0.25, 0.3) is 0 Å². The van der Waals surface area contributed by atoms with Gasteiger partial charge in [0, 0.05) is 10.5 Å². The molecule has 0 radical (unpaired) electrons. The van der Waals surface area contributed by atoms with E-state index < -0.39 is 0 Å². The maximum atomic E-state index is 4.65. The third-order valence-corrected chi connectivity index (χ3v) is 4.16. The molecule has 2 aromatic rings. The molecule has 1 aliphatic carbocycles. The third kappa shape index (κ3) is 2.08. The summed E-state index contributed by atoms with van der Waals surface area (Å²) in [6.45, 7) is 4.00. The van der Waals surface area contributed by atoms with E-state index in [1.165, 1.54) is 12.8 Å². The second-order valence-corrected chi connectivity index (χ2v) is 5.76. The monoisotopic (exact) mass is 307 g/mol. The molecule has 2 heterocycles. The minimum absolute atomic E-state index is 0.440. The summed E-state index contributed by atoms with van der Waals surface area (Å²) in [5.74, 6) is 2.00. The van der Waals surface area contributed by atoms with Gasteiger partial charge in [-0.15, -0.1) is 0 Å². The van der Waals surface area contributed by atoms with Crippen molar-refractivity contribution in [2.75, 3.05) is 0 Å². The SMILES string of the molecule is Brc1ccc2nc(C3CC4CC4N3)[nH]c2c1.CC. The van der Waals surface area contributed by atoms with E-state index in [4.69, 9.17) is 0 Å². The number of benzene rings is 1. The number of hydrogen-bond donors (Lipinski definition) is 2. The molecule has 3 unspecified atom stereocenters. The lowest BCUT2D eigenvalue weighted by molar-refractivity contribution is 0.544. The van der Waals surface area contributed by atoms with Crippen LogP contribution in [0.5, 0.6) is 0 Å². The van der Waals surface area contributed by atoms with E-state index >= 15 is 0 Å². The lowest BCUT2D eigenvalue weighted by atomic mass is 10.2. The fourth-order valence-corrected chi connectivity index (χ4v) is 3.06. The highest BCUT2D eigenvalue weighted by molar-refractivity contribution is 9.10. The summed E-state index contributed by atoms with van der Waals surface area (Å²) in [5.41, 5.74) is 2.17. The maximum Gasteiger partial charge on any atom is 0.124 e. The Hall–Kier alpha value is -0.870. The largest absolute Gasteiger partial charge is 0.341 e. The molecule has 3 nitrogen and oxygen atoms in total. The topological polar surface area (TPSA) is 40.7 Å². The molecular formula is C14H18BrN3. The fraction of sp³-hybridized carbons (Fsp3) is 0.500. The molecule has 2 fully saturated rings. The lowest BCUT2D eigenvalue weighted by Crippen LogP contribution is -2.18. The molecule has 0 bridgehead atoms. The zero-order valence-corrected chi connectivity index (χ0v) is 12.3. The normalized spacial score (nSPS) is 28.7. The first-order chi connectivity index (χ1) is 8.79. The van der Waals surface area contributed by atoms with Gasteiger partial charge in [-0.2, -0.15) is 0 Å². The van der Waals surface area contributed by atoms with Crippen molar-refractivity contribution in [2.45, 2.75) is 38.8 Å². The van der Waals surface area contributed by atoms with Crippen LogP contribution in [0, 0.1) is 5.92 Å². The van der Waals surface area contributed by atoms with Gasteiger partial charge >= 0.3 is 0 Å². The van der Waals surface area contributed by atoms with Crippen LogP contribution in [-0.2, 0) is 0 Å². The van der Waals surface area contributed by atoms with Gasteiger partial charge in [0.2, 0.25) is 0 Å². The lowest BCUT2D eigenvalue weighted by Gasteiger charge is -2.08. The van der Waals surface area contributed by atoms with Crippen molar-refractivity contribution in [3.05, 3.63) is 28.5 Å². The molecule has 0 spiro atoms. The molecule has 4 heteroatoms. The van der Waals surface area contributed by atoms with E-state index in [1.54, 1.807) is 0 Å². The molecule has 2 N–H and O–H groups in total. The molecule has 3 atom stereocenters. The van der Waals surface area contributed by atoms with Crippen LogP contribution in [0.1, 0.15) is 38.6 Å². The average Bonchev–Trinajstić information content (AvgIpc) is 2.84. The number of nitrogens with one attached hydrogen (secondary N) is 2. The zero-order chi connectivity index (χ0) is 12.7. The van der Waals surface area contributed by atoms with Gasteiger partial charge in [0.15, 0.2) is 0 Å². The summed E-state index contributed by atoms with van der Waals surface area (Å²) in [7, 11) is 0. The Morgan fingerprint density at radius 1 is 1.28 bits per heavy atom. The molecule has 96 valence electrons. The highest BCUT2D eigenvalue weighted by Gasteiger charge is 2.46. The number of rotatable bonds is 1. The Morgan fingerprint density at radius 3 is 2.83 bits per heavy atom. The molecular weight excluding hydrogens is 290 g/mol. The molecule has 4 rings (SSSR count). The van der Waals surface area contributed by atoms with Crippen LogP contribution in [0.3, 0.4) is 0 Å². The molecule has 1 aromatic heterocycles. The number of aromatic nitrogens is 2. The van der Waals surface area contributed by atoms with Crippen molar-refractivity contribution >= 4 is 27.0 Å². The molecule has 1 saturated carbocycles. The Kier molecular flexibility index (Phi) is 3.16. The summed E-state index contributed by atoms with van der Waals surface area (Å²) < 4.78 is 1.09. The molecule has 2 aliphatic rings. The van der Waals surface area contributed by atoms with Crippen LogP contribution in [-0.4, -0.2) is 16.0 Å². The Bertz CT molecular complexity index is 553. The quantitative estimate of drug-likeness (QED) is 0.842. The predicted octanol–water partition coefficient (Wildman–Crippen LogP) is 3.77. The van der Waals surface area contributed by atoms with E-state index in [2.05, 4.69) is 43.3 Å². The summed E-state index contributed by atoms with van der Waals surface area (Å²) in [4.78, 5) is 8.07. The average molecular weight is 308 g/mol. The maximum absolute atomic E-state index is 4.65. The Balaban J connectivity index is 0.000000478. The smallest absolute Gasteiger partial charge is 0.124 e. The number of fused-ring (bicyclic) bond motifs is 2. The van der Waals surface area contributed by atoms with E-state index in [-0.39, 0.29) is 0 Å². The molecule has 1 aliphatic heterocycles. The van der Waals surface area contributed by atoms with E-state index in [0.29, 0.717) is 6.04 Å². The minimum atomic E-state index is 0.440. The van der Waals surface area contributed by atoms with Crippen molar-refractivity contribution in [1.82, 2.24) is 15.3 Å². The van der Waals surface area contributed by atoms with Crippen LogP contribution in [0.15, 0.2) is 22.7 Å². The summed E-state index contributed by atoms with van der Waals surface area (Å²) in [6, 6.07) is 7.38. The molecule has 1 saturated heterocycles. The number of nitrogens with zero attached hydrogens (tertiary/aromatic N) is 1. The highest BCUT2D eigenvalue weighted by Crippen LogP contribution is 2.45. The van der Waals surface area contributed by atoms with Crippen LogP contribution in [0.4, 0.5) is 0 Å².